The van der Waals surface area contributed by atoms with Crippen LogP contribution in [0.2, 0.25) is 0 Å². The van der Waals surface area contributed by atoms with Crippen molar-refractivity contribution in [3.8, 4) is 0 Å². The summed E-state index contributed by atoms with van der Waals surface area (Å²) in [6, 6.07) is 16.4. The topological polar surface area (TPSA) is 37.8 Å². The van der Waals surface area contributed by atoms with Crippen molar-refractivity contribution in [3.63, 3.8) is 0 Å². The molecule has 3 nitrogen and oxygen atoms in total. The molecule has 3 rings (SSSR count). The molecule has 0 aliphatic carbocycles. The highest BCUT2D eigenvalue weighted by molar-refractivity contribution is 9.10. The summed E-state index contributed by atoms with van der Waals surface area (Å²) in [6.45, 7) is 2.10. The summed E-state index contributed by atoms with van der Waals surface area (Å²) in [5, 5.41) is 4.36. The average Bonchev–Trinajstić information content (AvgIpc) is 2.48. The number of hydrogen-bond donors (Lipinski definition) is 1. The van der Waals surface area contributed by atoms with Gasteiger partial charge >= 0.3 is 0 Å². The van der Waals surface area contributed by atoms with E-state index in [-0.39, 0.29) is 6.04 Å². The van der Waals surface area contributed by atoms with Gasteiger partial charge in [0.15, 0.2) is 0 Å². The Bertz CT molecular complexity index is 728. The summed E-state index contributed by atoms with van der Waals surface area (Å²) in [4.78, 5) is 8.91. The number of benzene rings is 2. The maximum Gasteiger partial charge on any atom is 0.223 e. The Morgan fingerprint density at radius 2 is 1.90 bits per heavy atom. The number of fused-ring (bicyclic) bond motifs is 1. The molecule has 1 unspecified atom stereocenters. The molecule has 2 aromatic carbocycles. The van der Waals surface area contributed by atoms with E-state index in [9.17, 15) is 0 Å². The minimum absolute atomic E-state index is 0.170. The van der Waals surface area contributed by atoms with E-state index in [4.69, 9.17) is 0 Å². The van der Waals surface area contributed by atoms with Crippen molar-refractivity contribution >= 4 is 32.8 Å². The molecule has 3 aromatic rings. The van der Waals surface area contributed by atoms with Gasteiger partial charge < -0.3 is 5.32 Å². The van der Waals surface area contributed by atoms with Gasteiger partial charge in [0.1, 0.15) is 0 Å². The molecule has 1 atom stereocenters. The molecule has 4 heteroatoms. The van der Waals surface area contributed by atoms with Crippen LogP contribution >= 0.6 is 15.9 Å². The summed E-state index contributed by atoms with van der Waals surface area (Å²) in [5.74, 6) is 0.649. The van der Waals surface area contributed by atoms with Crippen LogP contribution in [-0.2, 0) is 0 Å². The summed E-state index contributed by atoms with van der Waals surface area (Å²) in [5.41, 5.74) is 2.15. The van der Waals surface area contributed by atoms with Crippen molar-refractivity contribution in [2.45, 2.75) is 13.0 Å². The fraction of sp³-hybridized carbons (Fsp3) is 0.125. The minimum atomic E-state index is 0.170. The van der Waals surface area contributed by atoms with Crippen LogP contribution in [0.1, 0.15) is 18.5 Å². The zero-order valence-electron chi connectivity index (χ0n) is 11.0. The van der Waals surface area contributed by atoms with E-state index < -0.39 is 0 Å². The van der Waals surface area contributed by atoms with Crippen LogP contribution in [0.5, 0.6) is 0 Å². The van der Waals surface area contributed by atoms with Crippen LogP contribution in [0.15, 0.2) is 59.2 Å². The molecule has 0 aliphatic rings. The van der Waals surface area contributed by atoms with E-state index >= 15 is 0 Å². The molecular formula is C16H14BrN3. The zero-order chi connectivity index (χ0) is 13.9. The summed E-state index contributed by atoms with van der Waals surface area (Å²) in [7, 11) is 0. The number of anilines is 1. The first-order valence-corrected chi connectivity index (χ1v) is 7.25. The van der Waals surface area contributed by atoms with Crippen LogP contribution in [0, 0.1) is 0 Å². The Labute approximate surface area is 126 Å². The Balaban J connectivity index is 1.86. The molecule has 0 fully saturated rings. The molecule has 0 aliphatic heterocycles. The number of nitrogens with one attached hydrogen (secondary N) is 1. The smallest absolute Gasteiger partial charge is 0.223 e. The zero-order valence-corrected chi connectivity index (χ0v) is 12.6. The van der Waals surface area contributed by atoms with Crippen molar-refractivity contribution in [1.82, 2.24) is 9.97 Å². The Morgan fingerprint density at radius 1 is 1.10 bits per heavy atom. The van der Waals surface area contributed by atoms with Gasteiger partial charge in [0.25, 0.3) is 0 Å². The van der Waals surface area contributed by atoms with Gasteiger partial charge in [-0.3, -0.25) is 0 Å². The van der Waals surface area contributed by atoms with Crippen molar-refractivity contribution < 1.29 is 0 Å². The van der Waals surface area contributed by atoms with E-state index in [1.165, 1.54) is 5.56 Å². The molecule has 0 radical (unpaired) electrons. The van der Waals surface area contributed by atoms with Gasteiger partial charge in [-0.05, 0) is 30.7 Å². The highest BCUT2D eigenvalue weighted by atomic mass is 79.9. The van der Waals surface area contributed by atoms with Crippen LogP contribution in [0.3, 0.4) is 0 Å². The fourth-order valence-corrected chi connectivity index (χ4v) is 2.47. The van der Waals surface area contributed by atoms with Crippen LogP contribution < -0.4 is 5.32 Å². The lowest BCUT2D eigenvalue weighted by atomic mass is 10.1. The molecule has 20 heavy (non-hydrogen) atoms. The van der Waals surface area contributed by atoms with Crippen molar-refractivity contribution in [3.05, 3.63) is 64.8 Å². The SMILES string of the molecule is CC(Nc1ncc2cc(Br)ccc2n1)c1ccccc1. The molecule has 100 valence electrons. The van der Waals surface area contributed by atoms with Gasteiger partial charge in [0, 0.05) is 16.1 Å². The summed E-state index contributed by atoms with van der Waals surface area (Å²) >= 11 is 3.45. The van der Waals surface area contributed by atoms with Gasteiger partial charge in [-0.2, -0.15) is 0 Å². The highest BCUT2D eigenvalue weighted by Crippen LogP contribution is 2.20. The normalized spacial score (nSPS) is 12.3. The number of nitrogens with zero attached hydrogens (tertiary/aromatic N) is 2. The van der Waals surface area contributed by atoms with Crippen LogP contribution in [-0.4, -0.2) is 9.97 Å². The fourth-order valence-electron chi connectivity index (χ4n) is 2.09. The molecule has 0 amide bonds. The van der Waals surface area contributed by atoms with Gasteiger partial charge in [-0.1, -0.05) is 46.3 Å². The first-order valence-electron chi connectivity index (χ1n) is 6.46. The number of hydrogen-bond acceptors (Lipinski definition) is 3. The maximum atomic E-state index is 4.54. The van der Waals surface area contributed by atoms with Crippen LogP contribution in [0.4, 0.5) is 5.95 Å². The van der Waals surface area contributed by atoms with Crippen molar-refractivity contribution in [1.29, 1.82) is 0 Å². The number of rotatable bonds is 3. The van der Waals surface area contributed by atoms with E-state index in [0.717, 1.165) is 15.4 Å². The molecule has 0 saturated heterocycles. The lowest BCUT2D eigenvalue weighted by Crippen LogP contribution is -2.09. The van der Waals surface area contributed by atoms with Crippen molar-refractivity contribution in [2.24, 2.45) is 0 Å². The number of halogens is 1. The Morgan fingerprint density at radius 3 is 2.70 bits per heavy atom. The quantitative estimate of drug-likeness (QED) is 0.765. The van der Waals surface area contributed by atoms with E-state index in [0.29, 0.717) is 5.95 Å². The van der Waals surface area contributed by atoms with Gasteiger partial charge in [-0.15, -0.1) is 0 Å². The molecule has 0 spiro atoms. The van der Waals surface area contributed by atoms with E-state index in [1.54, 1.807) is 0 Å². The first kappa shape index (κ1) is 13.1. The minimum Gasteiger partial charge on any atom is -0.348 e. The highest BCUT2D eigenvalue weighted by Gasteiger charge is 2.07. The standard InChI is InChI=1S/C16H14BrN3/c1-11(12-5-3-2-4-6-12)19-16-18-10-13-9-14(17)7-8-15(13)20-16/h2-11H,1H3,(H,18,19,20). The second-order valence-electron chi connectivity index (χ2n) is 4.67. The molecule has 0 bridgehead atoms. The average molecular weight is 328 g/mol. The molecule has 1 N–H and O–H groups in total. The van der Waals surface area contributed by atoms with Gasteiger partial charge in [0.05, 0.1) is 11.6 Å². The van der Waals surface area contributed by atoms with Crippen LogP contribution in [0.25, 0.3) is 10.9 Å². The van der Waals surface area contributed by atoms with E-state index in [2.05, 4.69) is 50.3 Å². The molecular weight excluding hydrogens is 314 g/mol. The lowest BCUT2D eigenvalue weighted by Gasteiger charge is -2.14. The third-order valence-corrected chi connectivity index (χ3v) is 3.68. The maximum absolute atomic E-state index is 4.54. The predicted molar refractivity (Wildman–Crippen MR) is 85.7 cm³/mol. The van der Waals surface area contributed by atoms with Crippen molar-refractivity contribution in [2.75, 3.05) is 5.32 Å². The summed E-state index contributed by atoms with van der Waals surface area (Å²) < 4.78 is 1.03. The Kier molecular flexibility index (Phi) is 3.65. The molecule has 1 aromatic heterocycles. The molecule has 0 saturated carbocycles. The second kappa shape index (κ2) is 5.59. The molecule has 1 heterocycles. The third-order valence-electron chi connectivity index (χ3n) is 3.19. The second-order valence-corrected chi connectivity index (χ2v) is 5.59. The number of aromatic nitrogens is 2. The first-order chi connectivity index (χ1) is 9.72. The monoisotopic (exact) mass is 327 g/mol. The third kappa shape index (κ3) is 2.80. The lowest BCUT2D eigenvalue weighted by molar-refractivity contribution is 0.864. The predicted octanol–water partition coefficient (Wildman–Crippen LogP) is 4.57. The van der Waals surface area contributed by atoms with Gasteiger partial charge in [0.2, 0.25) is 5.95 Å². The van der Waals surface area contributed by atoms with E-state index in [1.807, 2.05) is 42.6 Å². The largest absolute Gasteiger partial charge is 0.348 e. The van der Waals surface area contributed by atoms with Gasteiger partial charge in [-0.25, -0.2) is 9.97 Å². The Hall–Kier alpha value is -1.94. The summed E-state index contributed by atoms with van der Waals surface area (Å²) in [6.07, 6.45) is 1.84.